The van der Waals surface area contributed by atoms with Crippen LogP contribution < -0.4 is 10.1 Å². The first-order valence-electron chi connectivity index (χ1n) is 6.56. The number of amides is 1. The van der Waals surface area contributed by atoms with Crippen molar-refractivity contribution in [1.82, 2.24) is 15.5 Å². The third-order valence-corrected chi connectivity index (χ3v) is 5.01. The van der Waals surface area contributed by atoms with Gasteiger partial charge in [-0.1, -0.05) is 40.8 Å². The molecule has 0 saturated heterocycles. The Morgan fingerprint density at radius 2 is 2.27 bits per heavy atom. The van der Waals surface area contributed by atoms with Gasteiger partial charge in [0.1, 0.15) is 10.8 Å². The van der Waals surface area contributed by atoms with E-state index in [4.69, 9.17) is 16.3 Å². The largest absolute Gasteiger partial charge is 0.479 e. The number of hydrogen-bond donors (Lipinski definition) is 1. The van der Waals surface area contributed by atoms with Gasteiger partial charge in [-0.2, -0.15) is 0 Å². The molecule has 0 aliphatic carbocycles. The maximum absolute atomic E-state index is 12.1. The van der Waals surface area contributed by atoms with Crippen molar-refractivity contribution in [3.8, 4) is 5.75 Å². The fourth-order valence-corrected chi connectivity index (χ4v) is 3.06. The molecule has 8 heteroatoms. The van der Waals surface area contributed by atoms with Crippen LogP contribution in [-0.4, -0.2) is 28.5 Å². The van der Waals surface area contributed by atoms with Crippen molar-refractivity contribution in [2.24, 2.45) is 0 Å². The van der Waals surface area contributed by atoms with Crippen LogP contribution in [0.15, 0.2) is 22.5 Å². The highest BCUT2D eigenvalue weighted by atomic mass is 35.5. The Morgan fingerprint density at radius 3 is 2.95 bits per heavy atom. The Morgan fingerprint density at radius 1 is 1.50 bits per heavy atom. The lowest BCUT2D eigenvalue weighted by Gasteiger charge is -2.15. The molecular formula is C14H16ClN3O2S2. The molecule has 0 bridgehead atoms. The normalized spacial score (nSPS) is 12.0. The molecule has 1 aromatic carbocycles. The highest BCUT2D eigenvalue weighted by molar-refractivity contribution is 8.00. The molecule has 0 spiro atoms. The van der Waals surface area contributed by atoms with E-state index in [-0.39, 0.29) is 5.91 Å². The molecule has 22 heavy (non-hydrogen) atoms. The fourth-order valence-electron chi connectivity index (χ4n) is 1.64. The summed E-state index contributed by atoms with van der Waals surface area (Å²) < 4.78 is 6.50. The average Bonchev–Trinajstić information content (AvgIpc) is 2.96. The number of rotatable bonds is 6. The molecule has 118 valence electrons. The van der Waals surface area contributed by atoms with Crippen LogP contribution in [0.25, 0.3) is 0 Å². The summed E-state index contributed by atoms with van der Waals surface area (Å²) in [5.41, 5.74) is 1.02. The van der Waals surface area contributed by atoms with Gasteiger partial charge >= 0.3 is 0 Å². The van der Waals surface area contributed by atoms with Crippen LogP contribution in [0.4, 0.5) is 0 Å². The van der Waals surface area contributed by atoms with Gasteiger partial charge in [-0.15, -0.1) is 10.2 Å². The van der Waals surface area contributed by atoms with E-state index in [2.05, 4.69) is 15.5 Å². The van der Waals surface area contributed by atoms with E-state index in [0.29, 0.717) is 17.3 Å². The first kappa shape index (κ1) is 17.1. The number of aromatic nitrogens is 2. The van der Waals surface area contributed by atoms with Gasteiger partial charge in [0.15, 0.2) is 10.4 Å². The first-order chi connectivity index (χ1) is 10.5. The van der Waals surface area contributed by atoms with Gasteiger partial charge in [0.2, 0.25) is 0 Å². The lowest BCUT2D eigenvalue weighted by Crippen LogP contribution is -2.35. The summed E-state index contributed by atoms with van der Waals surface area (Å²) in [7, 11) is 0. The van der Waals surface area contributed by atoms with Crippen molar-refractivity contribution in [2.75, 3.05) is 6.26 Å². The topological polar surface area (TPSA) is 64.1 Å². The van der Waals surface area contributed by atoms with Gasteiger partial charge < -0.3 is 10.1 Å². The van der Waals surface area contributed by atoms with E-state index in [1.165, 1.54) is 23.1 Å². The van der Waals surface area contributed by atoms with E-state index in [9.17, 15) is 4.79 Å². The van der Waals surface area contributed by atoms with Gasteiger partial charge in [-0.3, -0.25) is 4.79 Å². The van der Waals surface area contributed by atoms with Crippen LogP contribution in [0, 0.1) is 6.92 Å². The van der Waals surface area contributed by atoms with Crippen LogP contribution in [0.1, 0.15) is 17.5 Å². The van der Waals surface area contributed by atoms with Gasteiger partial charge in [0.05, 0.1) is 11.6 Å². The summed E-state index contributed by atoms with van der Waals surface area (Å²) in [6.07, 6.45) is 1.29. The van der Waals surface area contributed by atoms with Crippen molar-refractivity contribution in [2.45, 2.75) is 30.8 Å². The second-order valence-electron chi connectivity index (χ2n) is 4.58. The monoisotopic (exact) mass is 357 g/mol. The molecule has 0 aliphatic heterocycles. The summed E-state index contributed by atoms with van der Waals surface area (Å²) in [5, 5.41) is 12.0. The van der Waals surface area contributed by atoms with E-state index in [1.54, 1.807) is 13.0 Å². The predicted octanol–water partition coefficient (Wildman–Crippen LogP) is 3.31. The Hall–Kier alpha value is -1.31. The number of halogens is 1. The number of nitrogens with one attached hydrogen (secondary N) is 1. The third kappa shape index (κ3) is 4.59. The summed E-state index contributed by atoms with van der Waals surface area (Å²) in [6.45, 7) is 3.96. The van der Waals surface area contributed by atoms with E-state index in [0.717, 1.165) is 14.9 Å². The summed E-state index contributed by atoms with van der Waals surface area (Å²) in [4.78, 5) is 12.1. The summed E-state index contributed by atoms with van der Waals surface area (Å²) in [6, 6.07) is 5.45. The summed E-state index contributed by atoms with van der Waals surface area (Å²) in [5.74, 6) is 0.281. The van der Waals surface area contributed by atoms with Crippen molar-refractivity contribution >= 4 is 40.6 Å². The molecule has 0 fully saturated rings. The molecule has 0 aliphatic rings. The highest BCUT2D eigenvalue weighted by Crippen LogP contribution is 2.26. The minimum absolute atomic E-state index is 0.224. The van der Waals surface area contributed by atoms with Crippen LogP contribution in [0.5, 0.6) is 5.75 Å². The maximum atomic E-state index is 12.1. The molecule has 0 unspecified atom stereocenters. The zero-order valence-corrected chi connectivity index (χ0v) is 14.8. The van der Waals surface area contributed by atoms with Gasteiger partial charge in [0.25, 0.3) is 5.91 Å². The molecule has 1 amide bonds. The van der Waals surface area contributed by atoms with Crippen LogP contribution >= 0.6 is 34.7 Å². The average molecular weight is 358 g/mol. The maximum Gasteiger partial charge on any atom is 0.261 e. The van der Waals surface area contributed by atoms with E-state index >= 15 is 0 Å². The van der Waals surface area contributed by atoms with Crippen molar-refractivity contribution in [3.63, 3.8) is 0 Å². The van der Waals surface area contributed by atoms with E-state index < -0.39 is 6.10 Å². The molecule has 1 aromatic heterocycles. The number of benzene rings is 1. The van der Waals surface area contributed by atoms with E-state index in [1.807, 2.05) is 25.3 Å². The van der Waals surface area contributed by atoms with Crippen molar-refractivity contribution < 1.29 is 9.53 Å². The van der Waals surface area contributed by atoms with Gasteiger partial charge in [-0.25, -0.2) is 0 Å². The minimum atomic E-state index is -0.646. The number of thioether (sulfide) groups is 1. The Labute approximate surface area is 142 Å². The summed E-state index contributed by atoms with van der Waals surface area (Å²) >= 11 is 9.05. The quantitative estimate of drug-likeness (QED) is 0.803. The molecule has 0 radical (unpaired) electrons. The van der Waals surface area contributed by atoms with Crippen LogP contribution in [0.2, 0.25) is 5.02 Å². The highest BCUT2D eigenvalue weighted by Gasteiger charge is 2.16. The molecule has 1 N–H and O–H groups in total. The second-order valence-corrected chi connectivity index (χ2v) is 7.10. The number of carbonyl (C=O) groups is 1. The van der Waals surface area contributed by atoms with Gasteiger partial charge in [-0.05, 0) is 37.8 Å². The smallest absolute Gasteiger partial charge is 0.261 e. The Balaban J connectivity index is 1.90. The van der Waals surface area contributed by atoms with Crippen LogP contribution in [-0.2, 0) is 11.3 Å². The fraction of sp³-hybridized carbons (Fsp3) is 0.357. The molecule has 5 nitrogen and oxygen atoms in total. The standard InChI is InChI=1S/C14H16ClN3O2S2/c1-8-4-5-10(15)11(6-8)20-9(2)13(19)16-7-12-17-18-14(21-3)22-12/h4-6,9H,7H2,1-3H3,(H,16,19)/t9-/m1/s1. The van der Waals surface area contributed by atoms with Crippen molar-refractivity contribution in [3.05, 3.63) is 33.8 Å². The number of nitrogens with zero attached hydrogens (tertiary/aromatic N) is 2. The third-order valence-electron chi connectivity index (χ3n) is 2.80. The second kappa shape index (κ2) is 7.80. The molecule has 1 heterocycles. The minimum Gasteiger partial charge on any atom is -0.479 e. The van der Waals surface area contributed by atoms with Gasteiger partial charge in [0, 0.05) is 0 Å². The lowest BCUT2D eigenvalue weighted by atomic mass is 10.2. The number of ether oxygens (including phenoxy) is 1. The molecular weight excluding hydrogens is 342 g/mol. The number of aryl methyl sites for hydroxylation is 1. The number of carbonyl (C=O) groups excluding carboxylic acids is 1. The molecule has 2 rings (SSSR count). The molecule has 0 saturated carbocycles. The van der Waals surface area contributed by atoms with Crippen LogP contribution in [0.3, 0.4) is 0 Å². The molecule has 2 aromatic rings. The molecule has 1 atom stereocenters. The zero-order valence-electron chi connectivity index (χ0n) is 12.4. The Kier molecular flexibility index (Phi) is 6.05. The lowest BCUT2D eigenvalue weighted by molar-refractivity contribution is -0.127. The number of hydrogen-bond acceptors (Lipinski definition) is 6. The first-order valence-corrected chi connectivity index (χ1v) is 8.98. The zero-order chi connectivity index (χ0) is 16.1. The SMILES string of the molecule is CSc1nnc(CNC(=O)[C@@H](C)Oc2cc(C)ccc2Cl)s1. The van der Waals surface area contributed by atoms with Crippen molar-refractivity contribution in [1.29, 1.82) is 0 Å². The Bertz CT molecular complexity index is 663. The predicted molar refractivity (Wildman–Crippen MR) is 89.8 cm³/mol.